The van der Waals surface area contributed by atoms with Crippen LogP contribution >= 0.6 is 0 Å². The zero-order valence-corrected chi connectivity index (χ0v) is 12.5. The summed E-state index contributed by atoms with van der Waals surface area (Å²) < 4.78 is 26.5. The summed E-state index contributed by atoms with van der Waals surface area (Å²) in [5.41, 5.74) is 2.46. The Labute approximate surface area is 120 Å². The minimum atomic E-state index is -3.40. The second-order valence-corrected chi connectivity index (χ2v) is 6.51. The molecule has 0 N–H and O–H groups in total. The van der Waals surface area contributed by atoms with Crippen molar-refractivity contribution in [3.05, 3.63) is 59.9 Å². The van der Waals surface area contributed by atoms with Crippen LogP contribution in [-0.4, -0.2) is 19.9 Å². The summed E-state index contributed by atoms with van der Waals surface area (Å²) in [5.74, 6) is -0.00257. The summed E-state index contributed by atoms with van der Waals surface area (Å²) in [6.07, 6.45) is 3.20. The Morgan fingerprint density at radius 2 is 2.00 bits per heavy atom. The summed E-state index contributed by atoms with van der Waals surface area (Å²) >= 11 is 0. The number of hydrogen-bond acceptors (Lipinski definition) is 3. The van der Waals surface area contributed by atoms with Crippen molar-refractivity contribution in [1.82, 2.24) is 4.98 Å². The van der Waals surface area contributed by atoms with Crippen molar-refractivity contribution in [2.45, 2.75) is 19.6 Å². The van der Waals surface area contributed by atoms with Crippen molar-refractivity contribution in [2.75, 3.05) is 10.8 Å². The highest BCUT2D eigenvalue weighted by atomic mass is 32.2. The molecular formula is C15H18N2O2S. The van der Waals surface area contributed by atoms with Crippen LogP contribution < -0.4 is 4.31 Å². The molecule has 106 valence electrons. The number of aromatic nitrogens is 1. The van der Waals surface area contributed by atoms with Crippen LogP contribution in [0.1, 0.15) is 18.1 Å². The predicted molar refractivity (Wildman–Crippen MR) is 81.1 cm³/mol. The van der Waals surface area contributed by atoms with Crippen LogP contribution in [0.25, 0.3) is 0 Å². The van der Waals surface area contributed by atoms with Gasteiger partial charge in [-0.15, -0.1) is 0 Å². The van der Waals surface area contributed by atoms with E-state index in [-0.39, 0.29) is 5.75 Å². The van der Waals surface area contributed by atoms with Crippen LogP contribution in [0, 0.1) is 6.92 Å². The van der Waals surface area contributed by atoms with Crippen molar-refractivity contribution in [1.29, 1.82) is 0 Å². The maximum absolute atomic E-state index is 12.5. The van der Waals surface area contributed by atoms with E-state index in [4.69, 9.17) is 0 Å². The molecule has 0 aliphatic rings. The summed E-state index contributed by atoms with van der Waals surface area (Å²) in [4.78, 5) is 3.98. The van der Waals surface area contributed by atoms with Crippen molar-refractivity contribution >= 4 is 15.7 Å². The Balaban J connectivity index is 2.29. The first-order chi connectivity index (χ1) is 9.53. The molecule has 0 amide bonds. The lowest BCUT2D eigenvalue weighted by molar-refractivity contribution is 0.591. The van der Waals surface area contributed by atoms with Crippen LogP contribution in [-0.2, 0) is 15.8 Å². The molecule has 1 heterocycles. The number of rotatable bonds is 5. The number of pyridine rings is 1. The number of sulfonamides is 1. The van der Waals surface area contributed by atoms with E-state index in [1.165, 1.54) is 4.31 Å². The summed E-state index contributed by atoms with van der Waals surface area (Å²) in [5, 5.41) is 0. The summed E-state index contributed by atoms with van der Waals surface area (Å²) in [7, 11) is -3.40. The fourth-order valence-corrected chi connectivity index (χ4v) is 3.71. The van der Waals surface area contributed by atoms with Gasteiger partial charge in [0.1, 0.15) is 0 Å². The average Bonchev–Trinajstić information content (AvgIpc) is 2.39. The Bertz CT molecular complexity index is 669. The normalized spacial score (nSPS) is 11.3. The van der Waals surface area contributed by atoms with Crippen molar-refractivity contribution in [3.63, 3.8) is 0 Å². The molecule has 2 aromatic rings. The van der Waals surface area contributed by atoms with Crippen LogP contribution in [0.3, 0.4) is 0 Å². The summed E-state index contributed by atoms with van der Waals surface area (Å²) in [6.45, 7) is 4.16. The third-order valence-corrected chi connectivity index (χ3v) is 4.83. The van der Waals surface area contributed by atoms with Crippen molar-refractivity contribution < 1.29 is 8.42 Å². The minimum Gasteiger partial charge on any atom is -0.269 e. The number of aryl methyl sites for hydroxylation is 1. The van der Waals surface area contributed by atoms with Gasteiger partial charge in [0.15, 0.2) is 0 Å². The Morgan fingerprint density at radius 3 is 2.60 bits per heavy atom. The minimum absolute atomic E-state index is 0.00257. The molecule has 5 heteroatoms. The topological polar surface area (TPSA) is 50.3 Å². The summed E-state index contributed by atoms with van der Waals surface area (Å²) in [6, 6.07) is 11.1. The lowest BCUT2D eigenvalue weighted by Crippen LogP contribution is -2.31. The van der Waals surface area contributed by atoms with E-state index < -0.39 is 10.0 Å². The van der Waals surface area contributed by atoms with Gasteiger partial charge >= 0.3 is 0 Å². The molecule has 0 saturated carbocycles. The molecule has 0 spiro atoms. The SMILES string of the molecule is CCN(c1cccnc1)S(=O)(=O)Cc1cccc(C)c1. The van der Waals surface area contributed by atoms with E-state index in [1.54, 1.807) is 24.5 Å². The maximum Gasteiger partial charge on any atom is 0.239 e. The standard InChI is InChI=1S/C15H18N2O2S/c1-3-17(15-8-5-9-16-11-15)20(18,19)12-14-7-4-6-13(2)10-14/h4-11H,3,12H2,1-2H3. The molecule has 0 atom stereocenters. The first kappa shape index (κ1) is 14.5. The highest BCUT2D eigenvalue weighted by Crippen LogP contribution is 2.19. The van der Waals surface area contributed by atoms with Gasteiger partial charge in [0.2, 0.25) is 10.0 Å². The second kappa shape index (κ2) is 6.05. The van der Waals surface area contributed by atoms with Crippen LogP contribution in [0.15, 0.2) is 48.8 Å². The number of nitrogens with zero attached hydrogens (tertiary/aromatic N) is 2. The average molecular weight is 290 g/mol. The van der Waals surface area contributed by atoms with E-state index in [0.29, 0.717) is 12.2 Å². The Kier molecular flexibility index (Phi) is 4.39. The van der Waals surface area contributed by atoms with Gasteiger partial charge in [0, 0.05) is 12.7 Å². The molecule has 1 aromatic carbocycles. The van der Waals surface area contributed by atoms with E-state index in [1.807, 2.05) is 38.1 Å². The fourth-order valence-electron chi connectivity index (χ4n) is 2.13. The molecule has 1 aromatic heterocycles. The monoisotopic (exact) mass is 290 g/mol. The molecule has 2 rings (SSSR count). The highest BCUT2D eigenvalue weighted by molar-refractivity contribution is 7.92. The first-order valence-electron chi connectivity index (χ1n) is 6.49. The largest absolute Gasteiger partial charge is 0.269 e. The van der Waals surface area contributed by atoms with E-state index in [2.05, 4.69) is 4.98 Å². The smallest absolute Gasteiger partial charge is 0.239 e. The van der Waals surface area contributed by atoms with Gasteiger partial charge in [0.05, 0.1) is 17.6 Å². The molecule has 0 aliphatic carbocycles. The van der Waals surface area contributed by atoms with Crippen molar-refractivity contribution in [2.24, 2.45) is 0 Å². The van der Waals surface area contributed by atoms with Gasteiger partial charge in [-0.25, -0.2) is 8.42 Å². The van der Waals surface area contributed by atoms with Gasteiger partial charge < -0.3 is 0 Å². The molecule has 0 bridgehead atoms. The molecule has 20 heavy (non-hydrogen) atoms. The zero-order chi connectivity index (χ0) is 14.6. The van der Waals surface area contributed by atoms with E-state index >= 15 is 0 Å². The lowest BCUT2D eigenvalue weighted by atomic mass is 10.2. The predicted octanol–water partition coefficient (Wildman–Crippen LogP) is 2.75. The zero-order valence-electron chi connectivity index (χ0n) is 11.7. The highest BCUT2D eigenvalue weighted by Gasteiger charge is 2.21. The second-order valence-electron chi connectivity index (χ2n) is 4.62. The third kappa shape index (κ3) is 3.36. The molecule has 0 saturated heterocycles. The van der Waals surface area contributed by atoms with Crippen LogP contribution in [0.5, 0.6) is 0 Å². The third-order valence-electron chi connectivity index (χ3n) is 2.99. The van der Waals surface area contributed by atoms with Gasteiger partial charge in [0.25, 0.3) is 0 Å². The number of anilines is 1. The molecule has 0 radical (unpaired) electrons. The van der Waals surface area contributed by atoms with Gasteiger partial charge in [-0.2, -0.15) is 0 Å². The van der Waals surface area contributed by atoms with Crippen molar-refractivity contribution in [3.8, 4) is 0 Å². The molecule has 0 fully saturated rings. The van der Waals surface area contributed by atoms with Gasteiger partial charge in [-0.1, -0.05) is 29.8 Å². The van der Waals surface area contributed by atoms with E-state index in [9.17, 15) is 8.42 Å². The molecular weight excluding hydrogens is 272 g/mol. The van der Waals surface area contributed by atoms with E-state index in [0.717, 1.165) is 11.1 Å². The molecule has 0 unspecified atom stereocenters. The van der Waals surface area contributed by atoms with Crippen LogP contribution in [0.4, 0.5) is 5.69 Å². The fraction of sp³-hybridized carbons (Fsp3) is 0.267. The number of benzene rings is 1. The Morgan fingerprint density at radius 1 is 1.20 bits per heavy atom. The quantitative estimate of drug-likeness (QED) is 0.850. The van der Waals surface area contributed by atoms with Crippen LogP contribution in [0.2, 0.25) is 0 Å². The maximum atomic E-state index is 12.5. The molecule has 4 nitrogen and oxygen atoms in total. The first-order valence-corrected chi connectivity index (χ1v) is 8.10. The van der Waals surface area contributed by atoms with Gasteiger partial charge in [-0.05, 0) is 31.5 Å². The molecule has 0 aliphatic heterocycles. The number of hydrogen-bond donors (Lipinski definition) is 0. The Hall–Kier alpha value is -1.88. The van der Waals surface area contributed by atoms with Gasteiger partial charge in [-0.3, -0.25) is 9.29 Å². The lowest BCUT2D eigenvalue weighted by Gasteiger charge is -2.22.